The van der Waals surface area contributed by atoms with E-state index < -0.39 is 23.8 Å². The van der Waals surface area contributed by atoms with Crippen LogP contribution in [-0.2, 0) is 6.18 Å². The van der Waals surface area contributed by atoms with Crippen LogP contribution in [0.15, 0.2) is 61.3 Å². The first kappa shape index (κ1) is 28.3. The van der Waals surface area contributed by atoms with Gasteiger partial charge in [-0.15, -0.1) is 0 Å². The Labute approximate surface area is 227 Å². The van der Waals surface area contributed by atoms with Gasteiger partial charge in [-0.1, -0.05) is 17.9 Å². The molecule has 0 radical (unpaired) electrons. The van der Waals surface area contributed by atoms with Gasteiger partial charge in [0.1, 0.15) is 0 Å². The number of anilines is 2. The number of carbonyl (C=O) groups excluding carboxylic acids is 1. The van der Waals surface area contributed by atoms with Gasteiger partial charge in [-0.05, 0) is 49.7 Å². The Morgan fingerprint density at radius 3 is 2.48 bits per heavy atom. The molecule has 2 aromatic carbocycles. The van der Waals surface area contributed by atoms with E-state index in [1.165, 1.54) is 29.4 Å². The number of rotatable bonds is 7. The van der Waals surface area contributed by atoms with E-state index in [4.69, 9.17) is 5.11 Å². The lowest BCUT2D eigenvalue weighted by Gasteiger charge is -2.14. The van der Waals surface area contributed by atoms with Gasteiger partial charge in [-0.25, -0.2) is 15.0 Å². The molecule has 206 valence electrons. The van der Waals surface area contributed by atoms with Crippen LogP contribution in [0.5, 0.6) is 0 Å². The predicted molar refractivity (Wildman–Crippen MR) is 142 cm³/mol. The minimum Gasteiger partial charge on any atom is -0.394 e. The molecule has 0 fully saturated rings. The number of aryl methyl sites for hydroxylation is 2. The van der Waals surface area contributed by atoms with Gasteiger partial charge in [0.25, 0.3) is 5.91 Å². The van der Waals surface area contributed by atoms with Crippen molar-refractivity contribution < 1.29 is 28.2 Å². The van der Waals surface area contributed by atoms with Crippen LogP contribution in [0, 0.1) is 25.7 Å². The largest absolute Gasteiger partial charge is 0.416 e. The number of aliphatic hydroxyl groups excluding tert-OH is 2. The van der Waals surface area contributed by atoms with Crippen molar-refractivity contribution in [2.45, 2.75) is 26.1 Å². The quantitative estimate of drug-likeness (QED) is 0.259. The molecule has 1 atom stereocenters. The smallest absolute Gasteiger partial charge is 0.394 e. The molecule has 4 aromatic rings. The second kappa shape index (κ2) is 12.0. The van der Waals surface area contributed by atoms with Crippen molar-refractivity contribution in [2.75, 3.05) is 23.8 Å². The van der Waals surface area contributed by atoms with Gasteiger partial charge in [0.05, 0.1) is 35.9 Å². The normalized spacial score (nSPS) is 11.9. The molecule has 1 unspecified atom stereocenters. The molecule has 2 aromatic heterocycles. The van der Waals surface area contributed by atoms with Crippen LogP contribution in [0.3, 0.4) is 0 Å². The summed E-state index contributed by atoms with van der Waals surface area (Å²) in [6.07, 6.45) is 0.392. The van der Waals surface area contributed by atoms with E-state index in [1.54, 1.807) is 31.3 Å². The molecule has 4 N–H and O–H groups in total. The van der Waals surface area contributed by atoms with E-state index in [2.05, 4.69) is 37.4 Å². The molecule has 0 aliphatic heterocycles. The van der Waals surface area contributed by atoms with Crippen molar-refractivity contribution in [1.29, 1.82) is 0 Å². The van der Waals surface area contributed by atoms with Crippen LogP contribution in [0.2, 0.25) is 0 Å². The summed E-state index contributed by atoms with van der Waals surface area (Å²) in [4.78, 5) is 25.3. The second-order valence-corrected chi connectivity index (χ2v) is 8.94. The fourth-order valence-electron chi connectivity index (χ4n) is 3.56. The molecule has 1 amide bonds. The summed E-state index contributed by atoms with van der Waals surface area (Å²) in [5, 5.41) is 23.6. The number of hydrogen-bond donors (Lipinski definition) is 4. The Kier molecular flexibility index (Phi) is 8.47. The Morgan fingerprint density at radius 1 is 1.07 bits per heavy atom. The van der Waals surface area contributed by atoms with Crippen molar-refractivity contribution in [2.24, 2.45) is 0 Å². The third kappa shape index (κ3) is 7.22. The number of benzene rings is 2. The lowest BCUT2D eigenvalue weighted by atomic mass is 10.0. The first-order valence-electron chi connectivity index (χ1n) is 12.0. The van der Waals surface area contributed by atoms with Crippen LogP contribution < -0.4 is 10.6 Å². The fourth-order valence-corrected chi connectivity index (χ4v) is 3.56. The molecule has 9 nitrogen and oxygen atoms in total. The summed E-state index contributed by atoms with van der Waals surface area (Å²) in [6, 6.07) is 8.11. The maximum absolute atomic E-state index is 13.6. The molecule has 40 heavy (non-hydrogen) atoms. The number of amides is 1. The van der Waals surface area contributed by atoms with E-state index in [1.807, 2.05) is 6.92 Å². The van der Waals surface area contributed by atoms with E-state index in [-0.39, 0.29) is 36.0 Å². The van der Waals surface area contributed by atoms with Crippen LogP contribution in [0.1, 0.15) is 38.3 Å². The van der Waals surface area contributed by atoms with E-state index in [0.29, 0.717) is 16.8 Å². The fraction of sp³-hybridized carbons (Fsp3) is 0.214. The zero-order chi connectivity index (χ0) is 28.9. The first-order chi connectivity index (χ1) is 19.0. The van der Waals surface area contributed by atoms with Gasteiger partial charge < -0.3 is 25.4 Å². The number of carbonyl (C=O) groups is 1. The molecular weight excluding hydrogens is 525 g/mol. The maximum Gasteiger partial charge on any atom is 0.416 e. The number of alkyl halides is 3. The van der Waals surface area contributed by atoms with Gasteiger partial charge in [-0.2, -0.15) is 13.2 Å². The van der Waals surface area contributed by atoms with Crippen molar-refractivity contribution in [1.82, 2.24) is 19.5 Å². The van der Waals surface area contributed by atoms with Crippen molar-refractivity contribution in [3.05, 3.63) is 94.8 Å². The molecule has 0 spiro atoms. The van der Waals surface area contributed by atoms with E-state index in [0.717, 1.165) is 17.7 Å². The lowest BCUT2D eigenvalue weighted by molar-refractivity contribution is -0.137. The summed E-state index contributed by atoms with van der Waals surface area (Å²) in [7, 11) is 0. The number of nitrogens with zero attached hydrogens (tertiary/aromatic N) is 4. The molecule has 0 bridgehead atoms. The topological polar surface area (TPSA) is 125 Å². The van der Waals surface area contributed by atoms with Gasteiger partial charge >= 0.3 is 6.18 Å². The zero-order valence-electron chi connectivity index (χ0n) is 21.5. The standard InChI is InChI=1S/C28H25F3N6O3/c1-17-3-5-21(7-20(17)6-4-19-11-32-27(33-12-19)34-13-25(39)15-38)26(40)36-23-8-22(28(29,30)31)9-24(10-23)37-14-18(2)35-16-37/h3,5,7-12,14,16,25,38-39H,13,15H2,1-2H3,(H,36,40)(H,32,33,34). The minimum atomic E-state index is -4.61. The van der Waals surface area contributed by atoms with Crippen LogP contribution in [0.25, 0.3) is 5.69 Å². The Morgan fingerprint density at radius 2 is 1.82 bits per heavy atom. The number of halogens is 3. The maximum atomic E-state index is 13.6. The van der Waals surface area contributed by atoms with Crippen LogP contribution in [0.4, 0.5) is 24.8 Å². The highest BCUT2D eigenvalue weighted by Gasteiger charge is 2.31. The van der Waals surface area contributed by atoms with Gasteiger partial charge in [0, 0.05) is 47.6 Å². The van der Waals surface area contributed by atoms with Crippen molar-refractivity contribution >= 4 is 17.5 Å². The van der Waals surface area contributed by atoms with Crippen molar-refractivity contribution in [3.63, 3.8) is 0 Å². The van der Waals surface area contributed by atoms with Gasteiger partial charge in [-0.3, -0.25) is 4.79 Å². The first-order valence-corrected chi connectivity index (χ1v) is 12.0. The SMILES string of the molecule is Cc1cn(-c2cc(NC(=O)c3ccc(C)c(C#Cc4cnc(NCC(O)CO)nc4)c3)cc(C(F)(F)F)c2)cn1. The highest BCUT2D eigenvalue weighted by atomic mass is 19.4. The third-order valence-corrected chi connectivity index (χ3v) is 5.71. The lowest BCUT2D eigenvalue weighted by Crippen LogP contribution is -2.23. The summed E-state index contributed by atoms with van der Waals surface area (Å²) < 4.78 is 42.2. The average Bonchev–Trinajstić information content (AvgIpc) is 3.37. The highest BCUT2D eigenvalue weighted by Crippen LogP contribution is 2.33. The summed E-state index contributed by atoms with van der Waals surface area (Å²) >= 11 is 0. The summed E-state index contributed by atoms with van der Waals surface area (Å²) in [5.41, 5.74) is 1.95. The molecule has 0 saturated heterocycles. The Hall–Kier alpha value is -4.73. The monoisotopic (exact) mass is 550 g/mol. The van der Waals surface area contributed by atoms with Crippen molar-refractivity contribution in [3.8, 4) is 17.5 Å². The van der Waals surface area contributed by atoms with Crippen LogP contribution in [-0.4, -0.2) is 54.9 Å². The number of nitrogens with one attached hydrogen (secondary N) is 2. The number of hydrogen-bond acceptors (Lipinski definition) is 7. The minimum absolute atomic E-state index is 0.0215. The molecular formula is C28H25F3N6O3. The third-order valence-electron chi connectivity index (χ3n) is 5.71. The van der Waals surface area contributed by atoms with E-state index in [9.17, 15) is 23.1 Å². The van der Waals surface area contributed by atoms with Gasteiger partial charge in [0.15, 0.2) is 0 Å². The molecule has 0 aliphatic rings. The number of aliphatic hydroxyl groups is 2. The number of aromatic nitrogens is 4. The predicted octanol–water partition coefficient (Wildman–Crippen LogP) is 3.72. The highest BCUT2D eigenvalue weighted by molar-refractivity contribution is 6.04. The van der Waals surface area contributed by atoms with Crippen LogP contribution >= 0.6 is 0 Å². The zero-order valence-corrected chi connectivity index (χ0v) is 21.5. The molecule has 2 heterocycles. The van der Waals surface area contributed by atoms with E-state index >= 15 is 0 Å². The molecule has 0 saturated carbocycles. The molecule has 12 heteroatoms. The second-order valence-electron chi connectivity index (χ2n) is 8.94. The Bertz CT molecular complexity index is 1570. The average molecular weight is 551 g/mol. The summed E-state index contributed by atoms with van der Waals surface area (Å²) in [5.74, 6) is 5.54. The molecule has 4 rings (SSSR count). The Balaban J connectivity index is 1.54. The number of imidazole rings is 1. The summed E-state index contributed by atoms with van der Waals surface area (Å²) in [6.45, 7) is 3.23. The molecule has 0 aliphatic carbocycles. The van der Waals surface area contributed by atoms with Gasteiger partial charge in [0.2, 0.25) is 5.95 Å².